The molecule has 9 heteroatoms. The van der Waals surface area contributed by atoms with E-state index in [1.165, 1.54) is 7.11 Å². The van der Waals surface area contributed by atoms with Crippen molar-refractivity contribution >= 4 is 28.9 Å². The standard InChI is InChI=1S/C34H38N4O5/c1-6-14-28-25(24-17-10-11-18-29(24)38(28)30-19-12-13-20-35-30)22-26(37-33(41)43-34(2,3)4)31(39)36-27(32(40)42-5)21-23-15-8-7-9-16-23/h6-13,15-20,26-27H,1,14,21-22H2,2-5H3,(H,36,39)(H,37,41)/t26-,27+/m1/s1. The van der Waals surface area contributed by atoms with Crippen LogP contribution in [-0.4, -0.2) is 52.3 Å². The fraction of sp³-hybridized carbons (Fsp3) is 0.294. The second-order valence-corrected chi connectivity index (χ2v) is 11.1. The summed E-state index contributed by atoms with van der Waals surface area (Å²) >= 11 is 0. The molecule has 0 aliphatic heterocycles. The fourth-order valence-electron chi connectivity index (χ4n) is 5.01. The number of nitrogens with one attached hydrogen (secondary N) is 2. The van der Waals surface area contributed by atoms with E-state index < -0.39 is 35.7 Å². The van der Waals surface area contributed by atoms with E-state index >= 15 is 0 Å². The molecule has 43 heavy (non-hydrogen) atoms. The number of methoxy groups -OCH3 is 1. The van der Waals surface area contributed by atoms with E-state index in [-0.39, 0.29) is 12.8 Å². The van der Waals surface area contributed by atoms with E-state index in [1.807, 2.05) is 77.4 Å². The normalized spacial score (nSPS) is 12.7. The van der Waals surface area contributed by atoms with E-state index in [9.17, 15) is 14.4 Å². The first-order valence-electron chi connectivity index (χ1n) is 14.2. The zero-order valence-electron chi connectivity index (χ0n) is 25.0. The molecule has 2 heterocycles. The summed E-state index contributed by atoms with van der Waals surface area (Å²) < 4.78 is 12.6. The Morgan fingerprint density at radius 3 is 2.28 bits per heavy atom. The predicted molar refractivity (Wildman–Crippen MR) is 166 cm³/mol. The molecule has 0 spiro atoms. The van der Waals surface area contributed by atoms with Gasteiger partial charge in [0.15, 0.2) is 0 Å². The highest BCUT2D eigenvalue weighted by Gasteiger charge is 2.31. The Hall–Kier alpha value is -4.92. The number of allylic oxidation sites excluding steroid dienone is 1. The molecule has 0 aliphatic rings. The molecule has 0 radical (unpaired) electrons. The van der Waals surface area contributed by atoms with Crippen LogP contribution in [0.4, 0.5) is 4.79 Å². The molecule has 0 saturated heterocycles. The molecular formula is C34H38N4O5. The number of rotatable bonds is 11. The van der Waals surface area contributed by atoms with Crippen LogP contribution in [0.1, 0.15) is 37.6 Å². The summed E-state index contributed by atoms with van der Waals surface area (Å²) in [4.78, 5) is 44.2. The van der Waals surface area contributed by atoms with Crippen LogP contribution < -0.4 is 10.6 Å². The molecule has 0 aliphatic carbocycles. The Labute approximate surface area is 251 Å². The third kappa shape index (κ3) is 7.88. The quantitative estimate of drug-likeness (QED) is 0.188. The first kappa shape index (κ1) is 31.0. The molecule has 2 N–H and O–H groups in total. The molecule has 2 atom stereocenters. The van der Waals surface area contributed by atoms with Crippen molar-refractivity contribution < 1.29 is 23.9 Å². The highest BCUT2D eigenvalue weighted by Crippen LogP contribution is 2.31. The van der Waals surface area contributed by atoms with Gasteiger partial charge in [-0.3, -0.25) is 9.36 Å². The zero-order chi connectivity index (χ0) is 31.0. The van der Waals surface area contributed by atoms with Gasteiger partial charge < -0.3 is 20.1 Å². The lowest BCUT2D eigenvalue weighted by Crippen LogP contribution is -2.54. The number of esters is 1. The van der Waals surface area contributed by atoms with Gasteiger partial charge in [-0.2, -0.15) is 0 Å². The van der Waals surface area contributed by atoms with E-state index in [2.05, 4.69) is 22.2 Å². The number of nitrogens with zero attached hydrogens (tertiary/aromatic N) is 2. The fourth-order valence-corrected chi connectivity index (χ4v) is 5.01. The Balaban J connectivity index is 1.75. The number of para-hydroxylation sites is 1. The average molecular weight is 583 g/mol. The number of amides is 2. The molecular weight excluding hydrogens is 544 g/mol. The van der Waals surface area contributed by atoms with Gasteiger partial charge in [0.25, 0.3) is 0 Å². The van der Waals surface area contributed by atoms with Crippen LogP contribution in [0.25, 0.3) is 16.7 Å². The maximum absolute atomic E-state index is 13.9. The van der Waals surface area contributed by atoms with E-state index in [4.69, 9.17) is 9.47 Å². The molecule has 4 aromatic rings. The highest BCUT2D eigenvalue weighted by atomic mass is 16.6. The van der Waals surface area contributed by atoms with Gasteiger partial charge in [0.05, 0.1) is 12.6 Å². The molecule has 224 valence electrons. The summed E-state index contributed by atoms with van der Waals surface area (Å²) in [5, 5.41) is 6.48. The Morgan fingerprint density at radius 2 is 1.63 bits per heavy atom. The maximum atomic E-state index is 13.9. The summed E-state index contributed by atoms with van der Waals surface area (Å²) in [6, 6.07) is 20.8. The van der Waals surface area contributed by atoms with Crippen molar-refractivity contribution in [1.29, 1.82) is 0 Å². The van der Waals surface area contributed by atoms with Gasteiger partial charge in [-0.15, -0.1) is 6.58 Å². The molecule has 2 amide bonds. The Kier molecular flexibility index (Phi) is 9.98. The van der Waals surface area contributed by atoms with Crippen molar-refractivity contribution in [2.24, 2.45) is 0 Å². The van der Waals surface area contributed by atoms with Crippen LogP contribution in [-0.2, 0) is 38.3 Å². The van der Waals surface area contributed by atoms with Crippen LogP contribution in [0.2, 0.25) is 0 Å². The molecule has 9 nitrogen and oxygen atoms in total. The molecule has 0 unspecified atom stereocenters. The smallest absolute Gasteiger partial charge is 0.408 e. The number of benzene rings is 2. The SMILES string of the molecule is C=CCc1c(C[C@@H](NC(=O)OC(C)(C)C)C(=O)N[C@@H](Cc2ccccc2)C(=O)OC)c2ccccc2n1-c1ccccn1. The number of ether oxygens (including phenoxy) is 2. The lowest BCUT2D eigenvalue weighted by atomic mass is 9.99. The van der Waals surface area contributed by atoms with Gasteiger partial charge in [-0.1, -0.05) is 60.7 Å². The minimum absolute atomic E-state index is 0.119. The summed E-state index contributed by atoms with van der Waals surface area (Å²) in [5.41, 5.74) is 2.70. The molecule has 4 rings (SSSR count). The second-order valence-electron chi connectivity index (χ2n) is 11.1. The zero-order valence-corrected chi connectivity index (χ0v) is 25.0. The predicted octanol–water partition coefficient (Wildman–Crippen LogP) is 5.09. The largest absolute Gasteiger partial charge is 0.467 e. The summed E-state index contributed by atoms with van der Waals surface area (Å²) in [5.74, 6) is -0.416. The maximum Gasteiger partial charge on any atom is 0.408 e. The van der Waals surface area contributed by atoms with Crippen LogP contribution in [0.15, 0.2) is 91.6 Å². The number of hydrogen-bond donors (Lipinski definition) is 2. The van der Waals surface area contributed by atoms with Crippen LogP contribution in [0, 0.1) is 0 Å². The van der Waals surface area contributed by atoms with E-state index in [1.54, 1.807) is 33.0 Å². The van der Waals surface area contributed by atoms with Crippen LogP contribution >= 0.6 is 0 Å². The van der Waals surface area contributed by atoms with E-state index in [0.717, 1.165) is 33.5 Å². The van der Waals surface area contributed by atoms with Gasteiger partial charge in [0.2, 0.25) is 5.91 Å². The summed E-state index contributed by atoms with van der Waals surface area (Å²) in [6.07, 6.45) is 3.60. The van der Waals surface area contributed by atoms with Gasteiger partial charge in [-0.25, -0.2) is 14.6 Å². The highest BCUT2D eigenvalue weighted by molar-refractivity contribution is 5.92. The minimum atomic E-state index is -1.08. The first-order chi connectivity index (χ1) is 20.6. The minimum Gasteiger partial charge on any atom is -0.467 e. The van der Waals surface area contributed by atoms with Gasteiger partial charge in [0.1, 0.15) is 23.5 Å². The Bertz CT molecular complexity index is 1580. The number of pyridine rings is 1. The monoisotopic (exact) mass is 582 g/mol. The topological polar surface area (TPSA) is 112 Å². The lowest BCUT2D eigenvalue weighted by molar-refractivity contribution is -0.145. The third-order valence-corrected chi connectivity index (χ3v) is 6.80. The molecule has 0 bridgehead atoms. The molecule has 0 saturated carbocycles. The van der Waals surface area contributed by atoms with Crippen molar-refractivity contribution in [3.8, 4) is 5.82 Å². The molecule has 2 aromatic heterocycles. The van der Waals surface area contributed by atoms with Crippen molar-refractivity contribution in [2.75, 3.05) is 7.11 Å². The van der Waals surface area contributed by atoms with Crippen molar-refractivity contribution in [2.45, 2.75) is 57.7 Å². The number of fused-ring (bicyclic) bond motifs is 1. The number of aromatic nitrogens is 2. The third-order valence-electron chi connectivity index (χ3n) is 6.80. The number of alkyl carbamates (subject to hydrolysis) is 1. The van der Waals surface area contributed by atoms with Crippen LogP contribution in [0.5, 0.6) is 0 Å². The molecule has 0 fully saturated rings. The average Bonchev–Trinajstić information content (AvgIpc) is 3.28. The van der Waals surface area contributed by atoms with Crippen molar-refractivity contribution in [1.82, 2.24) is 20.2 Å². The van der Waals surface area contributed by atoms with Crippen molar-refractivity contribution in [3.63, 3.8) is 0 Å². The van der Waals surface area contributed by atoms with Gasteiger partial charge >= 0.3 is 12.1 Å². The summed E-state index contributed by atoms with van der Waals surface area (Å²) in [7, 11) is 1.27. The summed E-state index contributed by atoms with van der Waals surface area (Å²) in [6.45, 7) is 9.20. The van der Waals surface area contributed by atoms with E-state index in [0.29, 0.717) is 6.42 Å². The second kappa shape index (κ2) is 13.8. The van der Waals surface area contributed by atoms with Crippen molar-refractivity contribution in [3.05, 3.63) is 108 Å². The van der Waals surface area contributed by atoms with Gasteiger partial charge in [0, 0.05) is 36.5 Å². The van der Waals surface area contributed by atoms with Crippen LogP contribution in [0.3, 0.4) is 0 Å². The number of carbonyl (C=O) groups excluding carboxylic acids is 3. The first-order valence-corrected chi connectivity index (χ1v) is 14.2. The Morgan fingerprint density at radius 1 is 0.930 bits per heavy atom. The lowest BCUT2D eigenvalue weighted by Gasteiger charge is -2.25. The number of carbonyl (C=O) groups is 3. The molecule has 2 aromatic carbocycles. The van der Waals surface area contributed by atoms with Gasteiger partial charge in [-0.05, 0) is 50.1 Å². The number of hydrogen-bond acceptors (Lipinski definition) is 6.